The minimum Gasteiger partial charge on any atom is -0.393 e. The molecule has 2 N–H and O–H groups in total. The Morgan fingerprint density at radius 1 is 1.35 bits per heavy atom. The predicted octanol–water partition coefficient (Wildman–Crippen LogP) is 0.494. The smallest absolute Gasteiger partial charge is 0.293 e. The molecule has 0 aromatic heterocycles. The summed E-state index contributed by atoms with van der Waals surface area (Å²) in [4.78, 5) is 24.8. The van der Waals surface area contributed by atoms with Crippen LogP contribution in [0.5, 0.6) is 0 Å². The molecular formula is C11H14BClN4O3. The highest BCUT2D eigenvalue weighted by Crippen LogP contribution is 2.35. The van der Waals surface area contributed by atoms with Crippen LogP contribution >= 0.6 is 11.6 Å². The standard InChI is InChI=1S/C11H14BClN4O3/c13-8-5-11(17(19)20)9(14)6-10(8)15-1-3-16(4-2-15)12-7-18/h5-7,12H,1-4,14H2. The Kier molecular flexibility index (Phi) is 4.46. The van der Waals surface area contributed by atoms with Gasteiger partial charge in [-0.3, -0.25) is 10.1 Å². The number of nitro groups is 1. The molecule has 20 heavy (non-hydrogen) atoms. The summed E-state index contributed by atoms with van der Waals surface area (Å²) < 4.78 is 0. The zero-order valence-corrected chi connectivity index (χ0v) is 11.5. The molecule has 0 amide bonds. The number of halogens is 1. The van der Waals surface area contributed by atoms with Gasteiger partial charge in [-0.15, -0.1) is 0 Å². The number of carbonyl (C=O) groups excluding carboxylic acids is 1. The van der Waals surface area contributed by atoms with Crippen LogP contribution in [0.4, 0.5) is 17.1 Å². The van der Waals surface area contributed by atoms with Gasteiger partial charge in [0.15, 0.2) is 0 Å². The maximum absolute atomic E-state index is 10.8. The quantitative estimate of drug-likeness (QED) is 0.286. The summed E-state index contributed by atoms with van der Waals surface area (Å²) in [5, 5.41) is 11.1. The van der Waals surface area contributed by atoms with E-state index >= 15 is 0 Å². The lowest BCUT2D eigenvalue weighted by Gasteiger charge is -2.35. The van der Waals surface area contributed by atoms with Crippen molar-refractivity contribution in [2.24, 2.45) is 0 Å². The molecule has 0 atom stereocenters. The van der Waals surface area contributed by atoms with E-state index in [1.165, 1.54) is 12.1 Å². The SMILES string of the molecule is Nc1cc(N2CCN(BC=O)CC2)c(Cl)cc1[N+](=O)[O-]. The van der Waals surface area contributed by atoms with Crippen molar-refractivity contribution < 1.29 is 9.72 Å². The van der Waals surface area contributed by atoms with Crippen LogP contribution in [-0.4, -0.2) is 49.5 Å². The van der Waals surface area contributed by atoms with Gasteiger partial charge < -0.3 is 20.2 Å². The van der Waals surface area contributed by atoms with Crippen LogP contribution in [0.1, 0.15) is 0 Å². The number of nitrogens with two attached hydrogens (primary N) is 1. The molecule has 1 heterocycles. The highest BCUT2D eigenvalue weighted by molar-refractivity contribution is 6.64. The van der Waals surface area contributed by atoms with Crippen molar-refractivity contribution in [2.45, 2.75) is 0 Å². The van der Waals surface area contributed by atoms with E-state index in [4.69, 9.17) is 17.3 Å². The highest BCUT2D eigenvalue weighted by atomic mass is 35.5. The molecule has 9 heteroatoms. The van der Waals surface area contributed by atoms with Gasteiger partial charge in [0.05, 0.1) is 21.8 Å². The second-order valence-electron chi connectivity index (χ2n) is 4.57. The van der Waals surface area contributed by atoms with Crippen LogP contribution in [0.3, 0.4) is 0 Å². The number of benzene rings is 1. The van der Waals surface area contributed by atoms with Crippen LogP contribution in [0.15, 0.2) is 12.1 Å². The fourth-order valence-electron chi connectivity index (χ4n) is 2.24. The van der Waals surface area contributed by atoms with E-state index in [0.29, 0.717) is 31.2 Å². The van der Waals surface area contributed by atoms with Gasteiger partial charge >= 0.3 is 0 Å². The number of piperazine rings is 1. The van der Waals surface area contributed by atoms with Crippen molar-refractivity contribution in [3.8, 4) is 0 Å². The van der Waals surface area contributed by atoms with E-state index in [0.717, 1.165) is 19.3 Å². The molecule has 0 saturated carbocycles. The van der Waals surface area contributed by atoms with E-state index in [1.54, 1.807) is 0 Å². The van der Waals surface area contributed by atoms with Gasteiger partial charge in [-0.05, 0) is 6.07 Å². The molecular weight excluding hydrogens is 282 g/mol. The summed E-state index contributed by atoms with van der Waals surface area (Å²) >= 11 is 6.10. The molecule has 1 aliphatic rings. The summed E-state index contributed by atoms with van der Waals surface area (Å²) in [6.07, 6.45) is 0.881. The largest absolute Gasteiger partial charge is 0.393 e. The second-order valence-corrected chi connectivity index (χ2v) is 4.98. The monoisotopic (exact) mass is 296 g/mol. The van der Waals surface area contributed by atoms with Crippen LogP contribution in [0.25, 0.3) is 0 Å². The third-order valence-corrected chi connectivity index (χ3v) is 3.64. The predicted molar refractivity (Wildman–Crippen MR) is 80.2 cm³/mol. The van der Waals surface area contributed by atoms with Gasteiger partial charge in [0, 0.05) is 32.2 Å². The van der Waals surface area contributed by atoms with Gasteiger partial charge in [0.1, 0.15) is 5.69 Å². The Morgan fingerprint density at radius 2 is 2.00 bits per heavy atom. The van der Waals surface area contributed by atoms with Gasteiger partial charge in [-0.1, -0.05) is 11.6 Å². The fraction of sp³-hybridized carbons (Fsp3) is 0.364. The summed E-state index contributed by atoms with van der Waals surface area (Å²) in [6, 6.07) is 2.82. The van der Waals surface area contributed by atoms with Gasteiger partial charge in [0.25, 0.3) is 13.1 Å². The number of anilines is 2. The molecule has 0 unspecified atom stereocenters. The topological polar surface area (TPSA) is 92.7 Å². The van der Waals surface area contributed by atoms with Crippen molar-refractivity contribution in [3.05, 3.63) is 27.3 Å². The molecule has 1 aromatic carbocycles. The van der Waals surface area contributed by atoms with Crippen LogP contribution in [0.2, 0.25) is 5.02 Å². The molecule has 106 valence electrons. The number of nitrogen functional groups attached to an aromatic ring is 1. The second kappa shape index (κ2) is 6.10. The van der Waals surface area contributed by atoms with Crippen molar-refractivity contribution in [1.82, 2.24) is 4.81 Å². The molecule has 7 nitrogen and oxygen atoms in total. The van der Waals surface area contributed by atoms with Crippen LogP contribution in [0, 0.1) is 10.1 Å². The molecule has 0 bridgehead atoms. The zero-order chi connectivity index (χ0) is 14.7. The lowest BCUT2D eigenvalue weighted by atomic mass is 9.93. The summed E-state index contributed by atoms with van der Waals surface area (Å²) in [5.41, 5.74) is 6.30. The number of nitro benzene ring substituents is 1. The number of hydrogen-bond acceptors (Lipinski definition) is 6. The number of rotatable bonds is 4. The molecule has 0 spiro atoms. The first-order valence-corrected chi connectivity index (χ1v) is 6.55. The molecule has 1 aromatic rings. The molecule has 0 aliphatic carbocycles. The lowest BCUT2D eigenvalue weighted by molar-refractivity contribution is -0.383. The Balaban J connectivity index is 2.16. The van der Waals surface area contributed by atoms with Crippen molar-refractivity contribution >= 4 is 42.3 Å². The maximum atomic E-state index is 10.8. The average molecular weight is 297 g/mol. The van der Waals surface area contributed by atoms with Gasteiger partial charge in [0.2, 0.25) is 0 Å². The summed E-state index contributed by atoms with van der Waals surface area (Å²) in [6.45, 7) is 2.88. The first-order chi connectivity index (χ1) is 9.52. The lowest BCUT2D eigenvalue weighted by Crippen LogP contribution is -2.48. The maximum Gasteiger partial charge on any atom is 0.293 e. The minimum absolute atomic E-state index is 0.102. The highest BCUT2D eigenvalue weighted by Gasteiger charge is 2.22. The molecule has 0 radical (unpaired) electrons. The van der Waals surface area contributed by atoms with E-state index in [-0.39, 0.29) is 11.4 Å². The van der Waals surface area contributed by atoms with Crippen molar-refractivity contribution in [1.29, 1.82) is 0 Å². The Labute approximate surface area is 121 Å². The van der Waals surface area contributed by atoms with Crippen LogP contribution in [-0.2, 0) is 4.79 Å². The van der Waals surface area contributed by atoms with E-state index < -0.39 is 4.92 Å². The molecule has 1 aliphatic heterocycles. The number of hydrogen-bond donors (Lipinski definition) is 1. The molecule has 1 fully saturated rings. The minimum atomic E-state index is -0.549. The molecule has 2 rings (SSSR count). The normalized spacial score (nSPS) is 15.9. The Morgan fingerprint density at radius 3 is 2.55 bits per heavy atom. The van der Waals surface area contributed by atoms with E-state index in [2.05, 4.69) is 0 Å². The third kappa shape index (κ3) is 3.02. The van der Waals surface area contributed by atoms with Crippen molar-refractivity contribution in [2.75, 3.05) is 36.8 Å². The number of nitrogens with zero attached hydrogens (tertiary/aromatic N) is 3. The Hall–Kier alpha value is -1.80. The zero-order valence-electron chi connectivity index (χ0n) is 10.8. The fourth-order valence-corrected chi connectivity index (χ4v) is 2.52. The van der Waals surface area contributed by atoms with E-state index in [9.17, 15) is 14.9 Å². The van der Waals surface area contributed by atoms with Gasteiger partial charge in [-0.2, -0.15) is 0 Å². The first-order valence-electron chi connectivity index (χ1n) is 6.17. The average Bonchev–Trinajstić information content (AvgIpc) is 2.42. The van der Waals surface area contributed by atoms with Crippen molar-refractivity contribution in [3.63, 3.8) is 0 Å². The Bertz CT molecular complexity index is 535. The first kappa shape index (κ1) is 14.6. The molecule has 1 saturated heterocycles. The van der Waals surface area contributed by atoms with E-state index in [1.807, 2.05) is 9.71 Å². The summed E-state index contributed by atoms with van der Waals surface area (Å²) in [5.74, 6) is 0. The number of carbonyl (C=O) groups is 1. The van der Waals surface area contributed by atoms with Crippen LogP contribution < -0.4 is 10.6 Å². The summed E-state index contributed by atoms with van der Waals surface area (Å²) in [7, 11) is 0.421. The third-order valence-electron chi connectivity index (χ3n) is 3.34. The van der Waals surface area contributed by atoms with Gasteiger partial charge in [-0.25, -0.2) is 0 Å².